The van der Waals surface area contributed by atoms with Crippen molar-refractivity contribution in [3.63, 3.8) is 0 Å². The van der Waals surface area contributed by atoms with E-state index in [4.69, 9.17) is 18.0 Å². The zero-order chi connectivity index (χ0) is 9.84. The fourth-order valence-corrected chi connectivity index (χ4v) is 1.45. The molecule has 0 saturated carbocycles. The Morgan fingerprint density at radius 2 is 2.23 bits per heavy atom. The maximum Gasteiger partial charge on any atom is 0.106 e. The van der Waals surface area contributed by atoms with Gasteiger partial charge in [-0.3, -0.25) is 0 Å². The van der Waals surface area contributed by atoms with E-state index >= 15 is 0 Å². The highest BCUT2D eigenvalue weighted by atomic mass is 32.1. The average molecular weight is 194 g/mol. The summed E-state index contributed by atoms with van der Waals surface area (Å²) in [6, 6.07) is 5.94. The van der Waals surface area contributed by atoms with Crippen LogP contribution in [0.15, 0.2) is 18.2 Å². The number of nitrogens with two attached hydrogens (primary N) is 1. The first-order valence-electron chi connectivity index (χ1n) is 4.30. The lowest BCUT2D eigenvalue weighted by molar-refractivity contribution is 1.20. The Hall–Kier alpha value is -1.09. The molecule has 0 aliphatic carbocycles. The number of para-hydroxylation sites is 1. The van der Waals surface area contributed by atoms with Crippen LogP contribution in [0.1, 0.15) is 18.1 Å². The molecule has 0 fully saturated rings. The van der Waals surface area contributed by atoms with Gasteiger partial charge in [-0.1, -0.05) is 24.4 Å². The van der Waals surface area contributed by atoms with E-state index in [1.54, 1.807) is 0 Å². The molecule has 0 amide bonds. The molecule has 3 N–H and O–H groups in total. The standard InChI is InChI=1S/C10H14N2S/c1-3-12-9-7(2)5-4-6-8(9)10(11)13/h4-6,12H,3H2,1-2H3,(H2,11,13). The summed E-state index contributed by atoms with van der Waals surface area (Å²) in [6.07, 6.45) is 0. The molecule has 0 heterocycles. The molecular formula is C10H14N2S. The van der Waals surface area contributed by atoms with E-state index in [1.165, 1.54) is 5.56 Å². The van der Waals surface area contributed by atoms with Crippen LogP contribution in [0.4, 0.5) is 5.69 Å². The van der Waals surface area contributed by atoms with Crippen molar-refractivity contribution < 1.29 is 0 Å². The molecule has 1 rings (SSSR count). The van der Waals surface area contributed by atoms with Crippen molar-refractivity contribution in [2.45, 2.75) is 13.8 Å². The van der Waals surface area contributed by atoms with Crippen LogP contribution in [0, 0.1) is 6.92 Å². The minimum absolute atomic E-state index is 0.444. The Balaban J connectivity index is 3.17. The van der Waals surface area contributed by atoms with Gasteiger partial charge in [0.05, 0.1) is 0 Å². The second-order valence-electron chi connectivity index (χ2n) is 2.89. The third-order valence-electron chi connectivity index (χ3n) is 1.89. The summed E-state index contributed by atoms with van der Waals surface area (Å²) in [7, 11) is 0. The van der Waals surface area contributed by atoms with Gasteiger partial charge in [-0.05, 0) is 25.5 Å². The third-order valence-corrected chi connectivity index (χ3v) is 2.11. The predicted octanol–water partition coefficient (Wildman–Crippen LogP) is 2.06. The van der Waals surface area contributed by atoms with E-state index in [-0.39, 0.29) is 0 Å². The van der Waals surface area contributed by atoms with Crippen molar-refractivity contribution in [2.75, 3.05) is 11.9 Å². The summed E-state index contributed by atoms with van der Waals surface area (Å²) in [5, 5.41) is 3.26. The molecule has 1 aromatic carbocycles. The zero-order valence-electron chi connectivity index (χ0n) is 7.92. The van der Waals surface area contributed by atoms with Crippen molar-refractivity contribution in [1.82, 2.24) is 0 Å². The number of hydrogen-bond donors (Lipinski definition) is 2. The second-order valence-corrected chi connectivity index (χ2v) is 3.33. The van der Waals surface area contributed by atoms with Crippen molar-refractivity contribution in [3.05, 3.63) is 29.3 Å². The summed E-state index contributed by atoms with van der Waals surface area (Å²) in [5.41, 5.74) is 8.76. The molecule has 70 valence electrons. The molecule has 13 heavy (non-hydrogen) atoms. The van der Waals surface area contributed by atoms with Crippen LogP contribution in [-0.2, 0) is 0 Å². The normalized spacial score (nSPS) is 9.69. The van der Waals surface area contributed by atoms with Crippen LogP contribution in [0.3, 0.4) is 0 Å². The van der Waals surface area contributed by atoms with Crippen molar-refractivity contribution in [3.8, 4) is 0 Å². The van der Waals surface area contributed by atoms with E-state index in [9.17, 15) is 0 Å². The number of nitrogens with one attached hydrogen (secondary N) is 1. The van der Waals surface area contributed by atoms with E-state index in [1.807, 2.05) is 25.1 Å². The number of hydrogen-bond acceptors (Lipinski definition) is 2. The van der Waals surface area contributed by atoms with Gasteiger partial charge in [0.15, 0.2) is 0 Å². The highest BCUT2D eigenvalue weighted by Crippen LogP contribution is 2.19. The Kier molecular flexibility index (Phi) is 3.25. The summed E-state index contributed by atoms with van der Waals surface area (Å²) in [6.45, 7) is 4.97. The lowest BCUT2D eigenvalue weighted by Crippen LogP contribution is -2.13. The number of thiocarbonyl (C=S) groups is 1. The molecule has 0 atom stereocenters. The van der Waals surface area contributed by atoms with Gasteiger partial charge < -0.3 is 11.1 Å². The molecular weight excluding hydrogens is 180 g/mol. The van der Waals surface area contributed by atoms with Gasteiger partial charge in [-0.2, -0.15) is 0 Å². The molecule has 3 heteroatoms. The SMILES string of the molecule is CCNc1c(C)cccc1C(N)=S. The van der Waals surface area contributed by atoms with Crippen LogP contribution < -0.4 is 11.1 Å². The van der Waals surface area contributed by atoms with Crippen LogP contribution in [0.2, 0.25) is 0 Å². The topological polar surface area (TPSA) is 38.0 Å². The fourth-order valence-electron chi connectivity index (χ4n) is 1.28. The van der Waals surface area contributed by atoms with E-state index < -0.39 is 0 Å². The largest absolute Gasteiger partial charge is 0.389 e. The predicted molar refractivity (Wildman–Crippen MR) is 61.2 cm³/mol. The first kappa shape index (κ1) is 9.99. The Morgan fingerprint density at radius 1 is 1.54 bits per heavy atom. The highest BCUT2D eigenvalue weighted by Gasteiger charge is 2.05. The van der Waals surface area contributed by atoms with Crippen LogP contribution in [0.25, 0.3) is 0 Å². The van der Waals surface area contributed by atoms with Gasteiger partial charge in [0.25, 0.3) is 0 Å². The summed E-state index contributed by atoms with van der Waals surface area (Å²) >= 11 is 4.96. The van der Waals surface area contributed by atoms with Gasteiger partial charge in [-0.15, -0.1) is 0 Å². The van der Waals surface area contributed by atoms with E-state index in [2.05, 4.69) is 12.2 Å². The molecule has 1 aromatic rings. The first-order valence-corrected chi connectivity index (χ1v) is 4.71. The summed E-state index contributed by atoms with van der Waals surface area (Å²) in [5.74, 6) is 0. The average Bonchev–Trinajstić information content (AvgIpc) is 2.08. The monoisotopic (exact) mass is 194 g/mol. The van der Waals surface area contributed by atoms with Crippen molar-refractivity contribution in [1.29, 1.82) is 0 Å². The van der Waals surface area contributed by atoms with Crippen molar-refractivity contribution >= 4 is 22.9 Å². The Labute approximate surface area is 84.1 Å². The molecule has 0 unspecified atom stereocenters. The van der Waals surface area contributed by atoms with Crippen molar-refractivity contribution in [2.24, 2.45) is 5.73 Å². The maximum absolute atomic E-state index is 5.61. The number of benzene rings is 1. The Bertz CT molecular complexity index is 321. The maximum atomic E-state index is 5.61. The second kappa shape index (κ2) is 4.23. The molecule has 0 saturated heterocycles. The van der Waals surface area contributed by atoms with E-state index in [0.29, 0.717) is 4.99 Å². The smallest absolute Gasteiger partial charge is 0.106 e. The molecule has 0 spiro atoms. The molecule has 2 nitrogen and oxygen atoms in total. The molecule has 0 bridgehead atoms. The molecule has 0 aliphatic heterocycles. The van der Waals surface area contributed by atoms with Crippen LogP contribution in [0.5, 0.6) is 0 Å². The van der Waals surface area contributed by atoms with Crippen LogP contribution in [-0.4, -0.2) is 11.5 Å². The van der Waals surface area contributed by atoms with Gasteiger partial charge in [-0.25, -0.2) is 0 Å². The lowest BCUT2D eigenvalue weighted by Gasteiger charge is -2.12. The number of anilines is 1. The lowest BCUT2D eigenvalue weighted by atomic mass is 10.1. The fraction of sp³-hybridized carbons (Fsp3) is 0.300. The molecule has 0 aliphatic rings. The quantitative estimate of drug-likeness (QED) is 0.723. The molecule has 0 radical (unpaired) electrons. The number of aryl methyl sites for hydroxylation is 1. The van der Waals surface area contributed by atoms with Gasteiger partial charge in [0.2, 0.25) is 0 Å². The minimum atomic E-state index is 0.444. The van der Waals surface area contributed by atoms with E-state index in [0.717, 1.165) is 17.8 Å². The van der Waals surface area contributed by atoms with Gasteiger partial charge in [0.1, 0.15) is 4.99 Å². The first-order chi connectivity index (χ1) is 6.16. The minimum Gasteiger partial charge on any atom is -0.389 e. The summed E-state index contributed by atoms with van der Waals surface area (Å²) < 4.78 is 0. The third kappa shape index (κ3) is 2.18. The summed E-state index contributed by atoms with van der Waals surface area (Å²) in [4.78, 5) is 0.444. The van der Waals surface area contributed by atoms with Gasteiger partial charge >= 0.3 is 0 Å². The number of rotatable bonds is 3. The zero-order valence-corrected chi connectivity index (χ0v) is 8.74. The van der Waals surface area contributed by atoms with Crippen LogP contribution >= 0.6 is 12.2 Å². The van der Waals surface area contributed by atoms with Gasteiger partial charge in [0, 0.05) is 17.8 Å². The Morgan fingerprint density at radius 3 is 2.77 bits per heavy atom. The molecule has 0 aromatic heterocycles. The highest BCUT2D eigenvalue weighted by molar-refractivity contribution is 7.80.